The highest BCUT2D eigenvalue weighted by Gasteiger charge is 2.31. The number of nitrogens with zero attached hydrogens (tertiary/aromatic N) is 1. The van der Waals surface area contributed by atoms with Crippen LogP contribution in [-0.2, 0) is 0 Å². The third-order valence-corrected chi connectivity index (χ3v) is 6.16. The van der Waals surface area contributed by atoms with Crippen LogP contribution < -0.4 is 5.32 Å². The number of carbonyl (C=O) groups is 1. The molecule has 2 heterocycles. The van der Waals surface area contributed by atoms with Crippen LogP contribution in [0.25, 0.3) is 28.3 Å². The van der Waals surface area contributed by atoms with E-state index in [0.717, 1.165) is 53.6 Å². The molecule has 4 rings (SSSR count). The first-order chi connectivity index (χ1) is 14.3. The Morgan fingerprint density at radius 3 is 2.53 bits per heavy atom. The molecular formula is C25H28N2O3. The van der Waals surface area contributed by atoms with Crippen LogP contribution in [0.5, 0.6) is 0 Å². The monoisotopic (exact) mass is 404 g/mol. The fourth-order valence-corrected chi connectivity index (χ4v) is 4.30. The fourth-order valence-electron chi connectivity index (χ4n) is 4.30. The first-order valence-electron chi connectivity index (χ1n) is 10.5. The van der Waals surface area contributed by atoms with Crippen LogP contribution in [0, 0.1) is 5.92 Å². The summed E-state index contributed by atoms with van der Waals surface area (Å²) in [5.41, 5.74) is 3.23. The first kappa shape index (κ1) is 20.4. The Balaban J connectivity index is 1.46. The SMILES string of the molecule is C=Cc1cc2occc2c(-c2ccc(C(=O)N[C@H]3CC[C@H](C(C)(C)O)CC3)cc2)n1. The fraction of sp³-hybridized carbons (Fsp3) is 0.360. The van der Waals surface area contributed by atoms with Crippen molar-refractivity contribution in [2.24, 2.45) is 5.92 Å². The molecule has 0 bridgehead atoms. The summed E-state index contributed by atoms with van der Waals surface area (Å²) in [5.74, 6) is 0.234. The summed E-state index contributed by atoms with van der Waals surface area (Å²) in [6.45, 7) is 7.54. The molecule has 1 saturated carbocycles. The zero-order chi connectivity index (χ0) is 21.3. The van der Waals surface area contributed by atoms with E-state index in [1.807, 2.05) is 50.2 Å². The van der Waals surface area contributed by atoms with Gasteiger partial charge in [0.05, 0.1) is 23.3 Å². The van der Waals surface area contributed by atoms with Crippen LogP contribution >= 0.6 is 0 Å². The standard InChI is InChI=1S/C25H28N2O3/c1-4-19-15-22-21(13-14-30-22)23(26-19)16-5-7-17(8-6-16)24(28)27-20-11-9-18(10-12-20)25(2,3)29/h4-8,13-15,18,20,29H,1,9-12H2,2-3H3,(H,27,28)/t18-,20-. The number of fused-ring (bicyclic) bond motifs is 1. The summed E-state index contributed by atoms with van der Waals surface area (Å²) in [4.78, 5) is 17.4. The highest BCUT2D eigenvalue weighted by molar-refractivity contribution is 5.96. The van der Waals surface area contributed by atoms with Crippen molar-refractivity contribution in [2.45, 2.75) is 51.2 Å². The normalized spacial score (nSPS) is 19.6. The van der Waals surface area contributed by atoms with Crippen LogP contribution in [0.4, 0.5) is 0 Å². The van der Waals surface area contributed by atoms with E-state index in [-0.39, 0.29) is 11.9 Å². The number of aromatic nitrogens is 1. The molecule has 5 heteroatoms. The van der Waals surface area contributed by atoms with Crippen molar-refractivity contribution in [3.63, 3.8) is 0 Å². The van der Waals surface area contributed by atoms with E-state index in [1.54, 1.807) is 12.3 Å². The van der Waals surface area contributed by atoms with Gasteiger partial charge >= 0.3 is 0 Å². The van der Waals surface area contributed by atoms with Gasteiger partial charge in [0.25, 0.3) is 5.91 Å². The van der Waals surface area contributed by atoms with Crippen LogP contribution in [-0.4, -0.2) is 27.6 Å². The molecule has 3 aromatic rings. The molecule has 1 fully saturated rings. The average Bonchev–Trinajstić information content (AvgIpc) is 3.21. The Morgan fingerprint density at radius 1 is 1.20 bits per heavy atom. The molecule has 1 aromatic carbocycles. The molecule has 1 aliphatic rings. The lowest BCUT2D eigenvalue weighted by molar-refractivity contribution is -0.00257. The second-order valence-corrected chi connectivity index (χ2v) is 8.69. The van der Waals surface area contributed by atoms with E-state index in [1.165, 1.54) is 0 Å². The van der Waals surface area contributed by atoms with Crippen molar-refractivity contribution in [1.29, 1.82) is 0 Å². The van der Waals surface area contributed by atoms with Gasteiger partial charge in [-0.25, -0.2) is 4.98 Å². The maximum Gasteiger partial charge on any atom is 0.251 e. The van der Waals surface area contributed by atoms with Gasteiger partial charge in [-0.1, -0.05) is 18.7 Å². The number of hydrogen-bond acceptors (Lipinski definition) is 4. The molecule has 0 radical (unpaired) electrons. The second kappa shape index (κ2) is 8.07. The minimum atomic E-state index is -0.651. The highest BCUT2D eigenvalue weighted by atomic mass is 16.3. The van der Waals surface area contributed by atoms with E-state index < -0.39 is 5.60 Å². The van der Waals surface area contributed by atoms with Crippen molar-refractivity contribution < 1.29 is 14.3 Å². The van der Waals surface area contributed by atoms with Gasteiger partial charge in [-0.3, -0.25) is 4.79 Å². The maximum atomic E-state index is 12.7. The Kier molecular flexibility index (Phi) is 5.48. The van der Waals surface area contributed by atoms with Crippen molar-refractivity contribution in [2.75, 3.05) is 0 Å². The van der Waals surface area contributed by atoms with E-state index in [0.29, 0.717) is 11.5 Å². The van der Waals surface area contributed by atoms with Crippen molar-refractivity contribution in [1.82, 2.24) is 10.3 Å². The number of rotatable bonds is 5. The van der Waals surface area contributed by atoms with Crippen LogP contribution in [0.15, 0.2) is 53.7 Å². The van der Waals surface area contributed by atoms with Gasteiger partial charge in [0.1, 0.15) is 5.58 Å². The quantitative estimate of drug-likeness (QED) is 0.613. The number of aliphatic hydroxyl groups is 1. The Labute approximate surface area is 176 Å². The summed E-state index contributed by atoms with van der Waals surface area (Å²) < 4.78 is 5.53. The van der Waals surface area contributed by atoms with Crippen molar-refractivity contribution in [3.8, 4) is 11.3 Å². The number of pyridine rings is 1. The molecule has 30 heavy (non-hydrogen) atoms. The lowest BCUT2D eigenvalue weighted by Gasteiger charge is -2.36. The number of nitrogens with one attached hydrogen (secondary N) is 1. The molecule has 0 unspecified atom stereocenters. The highest BCUT2D eigenvalue weighted by Crippen LogP contribution is 2.33. The molecular weight excluding hydrogens is 376 g/mol. The predicted octanol–water partition coefficient (Wildman–Crippen LogP) is 5.20. The van der Waals surface area contributed by atoms with Gasteiger partial charge in [0.2, 0.25) is 0 Å². The van der Waals surface area contributed by atoms with Crippen LogP contribution in [0.3, 0.4) is 0 Å². The summed E-state index contributed by atoms with van der Waals surface area (Å²) in [6.07, 6.45) is 7.00. The van der Waals surface area contributed by atoms with Crippen LogP contribution in [0.1, 0.15) is 55.6 Å². The lowest BCUT2D eigenvalue weighted by Crippen LogP contribution is -2.41. The topological polar surface area (TPSA) is 75.4 Å². The molecule has 1 aliphatic carbocycles. The van der Waals surface area contributed by atoms with Gasteiger partial charge in [0, 0.05) is 28.6 Å². The first-order valence-corrected chi connectivity index (χ1v) is 10.5. The largest absolute Gasteiger partial charge is 0.464 e. The second-order valence-electron chi connectivity index (χ2n) is 8.69. The molecule has 0 spiro atoms. The van der Waals surface area contributed by atoms with Gasteiger partial charge in [-0.2, -0.15) is 0 Å². The zero-order valence-electron chi connectivity index (χ0n) is 17.5. The summed E-state index contributed by atoms with van der Waals surface area (Å²) in [7, 11) is 0. The number of hydrogen-bond donors (Lipinski definition) is 2. The molecule has 156 valence electrons. The maximum absolute atomic E-state index is 12.7. The van der Waals surface area contributed by atoms with Gasteiger partial charge in [0.15, 0.2) is 0 Å². The van der Waals surface area contributed by atoms with Gasteiger partial charge in [-0.15, -0.1) is 0 Å². The number of amides is 1. The van der Waals surface area contributed by atoms with Gasteiger partial charge < -0.3 is 14.8 Å². The van der Waals surface area contributed by atoms with E-state index in [9.17, 15) is 9.90 Å². The van der Waals surface area contributed by atoms with E-state index in [2.05, 4.69) is 16.9 Å². The number of carbonyl (C=O) groups excluding carboxylic acids is 1. The zero-order valence-corrected chi connectivity index (χ0v) is 17.5. The summed E-state index contributed by atoms with van der Waals surface area (Å²) in [5, 5.41) is 14.3. The van der Waals surface area contributed by atoms with Crippen LogP contribution in [0.2, 0.25) is 0 Å². The molecule has 5 nitrogen and oxygen atoms in total. The Bertz CT molecular complexity index is 1050. The minimum Gasteiger partial charge on any atom is -0.464 e. The van der Waals surface area contributed by atoms with Crippen molar-refractivity contribution in [3.05, 3.63) is 60.5 Å². The average molecular weight is 405 g/mol. The van der Waals surface area contributed by atoms with E-state index in [4.69, 9.17) is 4.42 Å². The molecule has 2 N–H and O–H groups in total. The smallest absolute Gasteiger partial charge is 0.251 e. The number of furan rings is 1. The summed E-state index contributed by atoms with van der Waals surface area (Å²) >= 11 is 0. The molecule has 2 aromatic heterocycles. The molecule has 0 saturated heterocycles. The molecule has 1 amide bonds. The third kappa shape index (κ3) is 4.17. The number of benzene rings is 1. The summed E-state index contributed by atoms with van der Waals surface area (Å²) in [6, 6.07) is 11.4. The van der Waals surface area contributed by atoms with E-state index >= 15 is 0 Å². The Hall–Kier alpha value is -2.92. The molecule has 0 atom stereocenters. The van der Waals surface area contributed by atoms with Gasteiger partial charge in [-0.05, 0) is 69.7 Å². The lowest BCUT2D eigenvalue weighted by atomic mass is 9.77. The minimum absolute atomic E-state index is 0.0606. The molecule has 0 aliphatic heterocycles. The van der Waals surface area contributed by atoms with Crippen molar-refractivity contribution >= 4 is 23.0 Å². The Morgan fingerprint density at radius 2 is 1.90 bits per heavy atom. The third-order valence-electron chi connectivity index (χ3n) is 6.16. The predicted molar refractivity (Wildman–Crippen MR) is 119 cm³/mol.